The molecule has 0 amide bonds. The Bertz CT molecular complexity index is 330. The van der Waals surface area contributed by atoms with Gasteiger partial charge < -0.3 is 9.47 Å². The molecule has 1 rings (SSSR count). The summed E-state index contributed by atoms with van der Waals surface area (Å²) in [6, 6.07) is 7.53. The van der Waals surface area contributed by atoms with E-state index in [1.165, 1.54) is 7.11 Å². The van der Waals surface area contributed by atoms with E-state index < -0.39 is 0 Å². The number of benzene rings is 1. The molecular weight excluding hydrogens is 204 g/mol. The van der Waals surface area contributed by atoms with Crippen LogP contribution in [0, 0.1) is 0 Å². The quantitative estimate of drug-likeness (QED) is 0.718. The largest absolute Gasteiger partial charge is 0.491 e. The average Bonchev–Trinajstić information content (AvgIpc) is 2.31. The summed E-state index contributed by atoms with van der Waals surface area (Å²) < 4.78 is 10.2. The molecule has 1 aromatic rings. The molecule has 0 fully saturated rings. The van der Waals surface area contributed by atoms with E-state index in [1.807, 2.05) is 31.2 Å². The van der Waals surface area contributed by atoms with Crippen LogP contribution in [0.4, 0.5) is 0 Å². The number of methoxy groups -OCH3 is 1. The molecule has 88 valence electrons. The molecular formula is C13H18O3. The van der Waals surface area contributed by atoms with Gasteiger partial charge in [0, 0.05) is 0 Å². The van der Waals surface area contributed by atoms with Gasteiger partial charge in [-0.15, -0.1) is 0 Å². The number of carbonyl (C=O) groups excluding carboxylic acids is 1. The monoisotopic (exact) mass is 222 g/mol. The van der Waals surface area contributed by atoms with E-state index in [0.29, 0.717) is 6.42 Å². The molecule has 0 aliphatic heterocycles. The zero-order chi connectivity index (χ0) is 12.0. The molecule has 1 aromatic carbocycles. The summed E-state index contributed by atoms with van der Waals surface area (Å²) in [6.07, 6.45) is 1.50. The minimum absolute atomic E-state index is 0.214. The van der Waals surface area contributed by atoms with Crippen LogP contribution in [0.15, 0.2) is 24.3 Å². The van der Waals surface area contributed by atoms with Crippen molar-refractivity contribution in [1.82, 2.24) is 0 Å². The maximum atomic E-state index is 11.0. The van der Waals surface area contributed by atoms with E-state index in [4.69, 9.17) is 4.74 Å². The lowest BCUT2D eigenvalue weighted by molar-refractivity contribution is -0.139. The van der Waals surface area contributed by atoms with Crippen molar-refractivity contribution in [2.75, 3.05) is 7.11 Å². The first-order chi connectivity index (χ1) is 7.65. The van der Waals surface area contributed by atoms with Crippen molar-refractivity contribution in [3.05, 3.63) is 29.8 Å². The van der Waals surface area contributed by atoms with Crippen molar-refractivity contribution in [3.8, 4) is 5.75 Å². The Hall–Kier alpha value is -1.51. The topological polar surface area (TPSA) is 35.5 Å². The molecule has 0 spiro atoms. The molecule has 0 N–H and O–H groups in total. The highest BCUT2D eigenvalue weighted by Crippen LogP contribution is 2.15. The lowest BCUT2D eigenvalue weighted by Crippen LogP contribution is -2.09. The fraction of sp³-hybridized carbons (Fsp3) is 0.462. The van der Waals surface area contributed by atoms with Crippen LogP contribution in [0.5, 0.6) is 5.75 Å². The number of esters is 1. The summed E-state index contributed by atoms with van der Waals surface area (Å²) in [5.41, 5.74) is 0.934. The van der Waals surface area contributed by atoms with Crippen LogP contribution in [0.3, 0.4) is 0 Å². The van der Waals surface area contributed by atoms with Crippen molar-refractivity contribution >= 4 is 5.97 Å². The van der Waals surface area contributed by atoms with Crippen molar-refractivity contribution in [2.24, 2.45) is 0 Å². The van der Waals surface area contributed by atoms with E-state index in [9.17, 15) is 4.79 Å². The predicted octanol–water partition coefficient (Wildman–Crippen LogP) is 2.58. The molecule has 0 heterocycles. The highest BCUT2D eigenvalue weighted by Gasteiger charge is 2.04. The van der Waals surface area contributed by atoms with Crippen LogP contribution >= 0.6 is 0 Å². The van der Waals surface area contributed by atoms with Gasteiger partial charge >= 0.3 is 5.97 Å². The smallest absolute Gasteiger partial charge is 0.309 e. The fourth-order valence-electron chi connectivity index (χ4n) is 1.24. The van der Waals surface area contributed by atoms with Gasteiger partial charge in [0.05, 0.1) is 19.6 Å². The molecule has 1 unspecified atom stereocenters. The highest BCUT2D eigenvalue weighted by atomic mass is 16.5. The van der Waals surface area contributed by atoms with Crippen LogP contribution in [0.2, 0.25) is 0 Å². The van der Waals surface area contributed by atoms with Gasteiger partial charge in [0.25, 0.3) is 0 Å². The Balaban J connectivity index is 2.57. The summed E-state index contributed by atoms with van der Waals surface area (Å²) in [5.74, 6) is 0.610. The van der Waals surface area contributed by atoms with Crippen LogP contribution < -0.4 is 4.74 Å². The van der Waals surface area contributed by atoms with Gasteiger partial charge in [0.15, 0.2) is 0 Å². The first kappa shape index (κ1) is 12.6. The SMILES string of the molecule is CCC(C)Oc1ccc(CC(=O)OC)cc1. The van der Waals surface area contributed by atoms with Gasteiger partial charge in [-0.05, 0) is 31.0 Å². The average molecular weight is 222 g/mol. The van der Waals surface area contributed by atoms with Crippen LogP contribution in [0.25, 0.3) is 0 Å². The second-order valence-corrected chi connectivity index (χ2v) is 3.73. The highest BCUT2D eigenvalue weighted by molar-refractivity contribution is 5.72. The van der Waals surface area contributed by atoms with E-state index >= 15 is 0 Å². The minimum Gasteiger partial charge on any atom is -0.491 e. The molecule has 0 aromatic heterocycles. The van der Waals surface area contributed by atoms with Crippen molar-refractivity contribution in [1.29, 1.82) is 0 Å². The first-order valence-corrected chi connectivity index (χ1v) is 5.48. The molecule has 0 aliphatic rings. The lowest BCUT2D eigenvalue weighted by atomic mass is 10.1. The Kier molecular flexibility index (Phi) is 4.83. The van der Waals surface area contributed by atoms with Gasteiger partial charge in [-0.1, -0.05) is 19.1 Å². The maximum Gasteiger partial charge on any atom is 0.309 e. The third kappa shape index (κ3) is 3.93. The van der Waals surface area contributed by atoms with E-state index in [1.54, 1.807) is 0 Å². The van der Waals surface area contributed by atoms with Gasteiger partial charge in [-0.2, -0.15) is 0 Å². The molecule has 16 heavy (non-hydrogen) atoms. The zero-order valence-corrected chi connectivity index (χ0v) is 10.0. The lowest BCUT2D eigenvalue weighted by Gasteiger charge is -2.12. The molecule has 0 saturated heterocycles. The number of hydrogen-bond donors (Lipinski definition) is 0. The van der Waals surface area contributed by atoms with Crippen LogP contribution in [0.1, 0.15) is 25.8 Å². The third-order valence-electron chi connectivity index (χ3n) is 2.41. The van der Waals surface area contributed by atoms with Crippen LogP contribution in [-0.2, 0) is 16.0 Å². The summed E-state index contributed by atoms with van der Waals surface area (Å²) >= 11 is 0. The summed E-state index contributed by atoms with van der Waals surface area (Å²) in [7, 11) is 1.39. The maximum absolute atomic E-state index is 11.0. The van der Waals surface area contributed by atoms with Gasteiger partial charge in [-0.25, -0.2) is 0 Å². The van der Waals surface area contributed by atoms with Gasteiger partial charge in [0.1, 0.15) is 5.75 Å². The Morgan fingerprint density at radius 2 is 1.94 bits per heavy atom. The standard InChI is InChI=1S/C13H18O3/c1-4-10(2)16-12-7-5-11(6-8-12)9-13(14)15-3/h5-8,10H,4,9H2,1-3H3. The third-order valence-corrected chi connectivity index (χ3v) is 2.41. The van der Waals surface area contributed by atoms with E-state index in [2.05, 4.69) is 11.7 Å². The van der Waals surface area contributed by atoms with Gasteiger partial charge in [-0.3, -0.25) is 4.79 Å². The van der Waals surface area contributed by atoms with Crippen LogP contribution in [-0.4, -0.2) is 19.2 Å². The van der Waals surface area contributed by atoms with Crippen molar-refractivity contribution in [3.63, 3.8) is 0 Å². The van der Waals surface area contributed by atoms with E-state index in [0.717, 1.165) is 17.7 Å². The number of ether oxygens (including phenoxy) is 2. The molecule has 0 aliphatic carbocycles. The zero-order valence-electron chi connectivity index (χ0n) is 10.0. The Morgan fingerprint density at radius 3 is 2.44 bits per heavy atom. The molecule has 1 atom stereocenters. The van der Waals surface area contributed by atoms with E-state index in [-0.39, 0.29) is 12.1 Å². The Morgan fingerprint density at radius 1 is 1.31 bits per heavy atom. The molecule has 0 bridgehead atoms. The minimum atomic E-state index is -0.226. The Labute approximate surface area is 96.4 Å². The predicted molar refractivity (Wildman–Crippen MR) is 62.5 cm³/mol. The number of hydrogen-bond acceptors (Lipinski definition) is 3. The number of rotatable bonds is 5. The van der Waals surface area contributed by atoms with Crippen molar-refractivity contribution < 1.29 is 14.3 Å². The van der Waals surface area contributed by atoms with Crippen molar-refractivity contribution in [2.45, 2.75) is 32.8 Å². The van der Waals surface area contributed by atoms with Gasteiger partial charge in [0.2, 0.25) is 0 Å². The summed E-state index contributed by atoms with van der Waals surface area (Å²) in [6.45, 7) is 4.11. The fourth-order valence-corrected chi connectivity index (χ4v) is 1.24. The molecule has 3 heteroatoms. The normalized spacial score (nSPS) is 11.9. The second kappa shape index (κ2) is 6.16. The molecule has 0 radical (unpaired) electrons. The molecule has 3 nitrogen and oxygen atoms in total. The summed E-state index contributed by atoms with van der Waals surface area (Å²) in [4.78, 5) is 11.0. The second-order valence-electron chi connectivity index (χ2n) is 3.73. The first-order valence-electron chi connectivity index (χ1n) is 5.48. The number of carbonyl (C=O) groups is 1. The summed E-state index contributed by atoms with van der Waals surface area (Å²) in [5, 5.41) is 0. The molecule has 0 saturated carbocycles.